The molecule has 0 aliphatic heterocycles. The average Bonchev–Trinajstić information content (AvgIpc) is 2.15. The van der Waals surface area contributed by atoms with Crippen molar-refractivity contribution in [3.8, 4) is 0 Å². The maximum atomic E-state index is 13.4. The summed E-state index contributed by atoms with van der Waals surface area (Å²) in [5.74, 6) is -1.96. The van der Waals surface area contributed by atoms with Crippen LogP contribution in [0.5, 0.6) is 0 Å². The molecule has 4 nitrogen and oxygen atoms in total. The molecule has 0 aromatic heterocycles. The normalized spacial score (nSPS) is 14.5. The lowest BCUT2D eigenvalue weighted by molar-refractivity contribution is -0.141. The van der Waals surface area contributed by atoms with Gasteiger partial charge in [0.25, 0.3) is 0 Å². The van der Waals surface area contributed by atoms with Gasteiger partial charge in [0.2, 0.25) is 0 Å². The monoisotopic (exact) mass is 292 g/mol. The number of hydrogen-bond acceptors (Lipinski definition) is 3. The second kappa shape index (κ2) is 5.38. The Balaban J connectivity index is 2.87. The van der Waals surface area contributed by atoms with Crippen molar-refractivity contribution in [3.05, 3.63) is 34.1 Å². The zero-order chi connectivity index (χ0) is 12.3. The van der Waals surface area contributed by atoms with Crippen LogP contribution in [0.25, 0.3) is 0 Å². The second-order valence-electron chi connectivity index (χ2n) is 3.28. The van der Waals surface area contributed by atoms with Crippen molar-refractivity contribution in [2.45, 2.75) is 18.6 Å². The van der Waals surface area contributed by atoms with Crippen LogP contribution in [0.4, 0.5) is 4.39 Å². The molecule has 16 heavy (non-hydrogen) atoms. The maximum absolute atomic E-state index is 13.4. The van der Waals surface area contributed by atoms with Crippen molar-refractivity contribution in [1.29, 1.82) is 0 Å². The van der Waals surface area contributed by atoms with E-state index in [1.54, 1.807) is 0 Å². The molecule has 1 aromatic carbocycles. The third-order valence-electron chi connectivity index (χ3n) is 2.03. The SMILES string of the molecule is O=C(O)CC(O)C(O)c1ccc(Br)cc1F. The first kappa shape index (κ1) is 13.1. The summed E-state index contributed by atoms with van der Waals surface area (Å²) >= 11 is 3.04. The van der Waals surface area contributed by atoms with Gasteiger partial charge in [-0.1, -0.05) is 22.0 Å². The Morgan fingerprint density at radius 2 is 2.06 bits per heavy atom. The maximum Gasteiger partial charge on any atom is 0.306 e. The van der Waals surface area contributed by atoms with Crippen LogP contribution in [0.2, 0.25) is 0 Å². The van der Waals surface area contributed by atoms with E-state index < -0.39 is 30.4 Å². The molecule has 0 saturated heterocycles. The van der Waals surface area contributed by atoms with Crippen molar-refractivity contribution in [2.24, 2.45) is 0 Å². The Kier molecular flexibility index (Phi) is 4.40. The molecule has 0 fully saturated rings. The summed E-state index contributed by atoms with van der Waals surface area (Å²) in [6.45, 7) is 0. The quantitative estimate of drug-likeness (QED) is 0.785. The summed E-state index contributed by atoms with van der Waals surface area (Å²) in [6.07, 6.45) is -3.73. The standard InChI is InChI=1S/C10H10BrFO4/c11-5-1-2-6(7(12)3-5)10(16)8(13)4-9(14)15/h1-3,8,10,13,16H,4H2,(H,14,15). The topological polar surface area (TPSA) is 77.8 Å². The number of carboxylic acid groups (broad SMARTS) is 1. The van der Waals surface area contributed by atoms with Gasteiger partial charge in [-0.3, -0.25) is 4.79 Å². The number of hydrogen-bond donors (Lipinski definition) is 3. The van der Waals surface area contributed by atoms with Gasteiger partial charge in [0, 0.05) is 10.0 Å². The molecule has 3 N–H and O–H groups in total. The summed E-state index contributed by atoms with van der Waals surface area (Å²) in [5.41, 5.74) is -0.128. The summed E-state index contributed by atoms with van der Waals surface area (Å²) in [5, 5.41) is 27.3. The highest BCUT2D eigenvalue weighted by Crippen LogP contribution is 2.24. The molecule has 0 radical (unpaired) electrons. The Bertz CT molecular complexity index is 396. The second-order valence-corrected chi connectivity index (χ2v) is 4.19. The van der Waals surface area contributed by atoms with Gasteiger partial charge in [-0.05, 0) is 12.1 Å². The Hall–Kier alpha value is -0.980. The predicted molar refractivity (Wildman–Crippen MR) is 57.3 cm³/mol. The van der Waals surface area contributed by atoms with Gasteiger partial charge in [0.05, 0.1) is 12.5 Å². The van der Waals surface area contributed by atoms with E-state index in [0.717, 1.165) is 6.07 Å². The van der Waals surface area contributed by atoms with Crippen LogP contribution in [0.15, 0.2) is 22.7 Å². The molecule has 0 aliphatic carbocycles. The van der Waals surface area contributed by atoms with E-state index in [0.29, 0.717) is 4.47 Å². The van der Waals surface area contributed by atoms with Crippen LogP contribution in [0, 0.1) is 5.82 Å². The molecule has 0 amide bonds. The fourth-order valence-corrected chi connectivity index (χ4v) is 1.57. The van der Waals surface area contributed by atoms with Gasteiger partial charge in [-0.25, -0.2) is 4.39 Å². The van der Waals surface area contributed by atoms with E-state index in [-0.39, 0.29) is 5.56 Å². The number of benzene rings is 1. The lowest BCUT2D eigenvalue weighted by atomic mass is 10.0. The average molecular weight is 293 g/mol. The summed E-state index contributed by atoms with van der Waals surface area (Å²) in [4.78, 5) is 10.3. The van der Waals surface area contributed by atoms with Gasteiger partial charge >= 0.3 is 5.97 Å². The Morgan fingerprint density at radius 1 is 1.44 bits per heavy atom. The zero-order valence-electron chi connectivity index (χ0n) is 8.10. The molecular formula is C10H10BrFO4. The van der Waals surface area contributed by atoms with E-state index in [2.05, 4.69) is 15.9 Å². The first-order chi connectivity index (χ1) is 7.41. The smallest absolute Gasteiger partial charge is 0.306 e. The minimum Gasteiger partial charge on any atom is -0.481 e. The van der Waals surface area contributed by atoms with Crippen molar-refractivity contribution in [2.75, 3.05) is 0 Å². The molecule has 0 bridgehead atoms. The third kappa shape index (κ3) is 3.26. The lowest BCUT2D eigenvalue weighted by Crippen LogP contribution is -2.22. The molecule has 0 spiro atoms. The van der Waals surface area contributed by atoms with E-state index in [4.69, 9.17) is 5.11 Å². The number of rotatable bonds is 4. The van der Waals surface area contributed by atoms with Crippen LogP contribution >= 0.6 is 15.9 Å². The minimum absolute atomic E-state index is 0.128. The Labute approximate surface area is 99.5 Å². The van der Waals surface area contributed by atoms with E-state index in [1.807, 2.05) is 0 Å². The highest BCUT2D eigenvalue weighted by Gasteiger charge is 2.23. The van der Waals surface area contributed by atoms with E-state index >= 15 is 0 Å². The van der Waals surface area contributed by atoms with E-state index in [9.17, 15) is 19.4 Å². The van der Waals surface area contributed by atoms with Gasteiger partial charge < -0.3 is 15.3 Å². The molecule has 2 unspecified atom stereocenters. The van der Waals surface area contributed by atoms with Crippen molar-refractivity contribution >= 4 is 21.9 Å². The zero-order valence-corrected chi connectivity index (χ0v) is 9.69. The fraction of sp³-hybridized carbons (Fsp3) is 0.300. The van der Waals surface area contributed by atoms with Crippen LogP contribution < -0.4 is 0 Å². The molecule has 88 valence electrons. The first-order valence-electron chi connectivity index (χ1n) is 4.44. The number of aliphatic hydroxyl groups excluding tert-OH is 2. The molecule has 0 heterocycles. The Morgan fingerprint density at radius 3 is 2.56 bits per heavy atom. The fourth-order valence-electron chi connectivity index (χ4n) is 1.24. The van der Waals surface area contributed by atoms with Crippen LogP contribution in [-0.4, -0.2) is 27.4 Å². The summed E-state index contributed by atoms with van der Waals surface area (Å²) in [6, 6.07) is 3.91. The van der Waals surface area contributed by atoms with Gasteiger partial charge in [-0.15, -0.1) is 0 Å². The molecule has 1 aromatic rings. The van der Waals surface area contributed by atoms with E-state index in [1.165, 1.54) is 12.1 Å². The molecular weight excluding hydrogens is 283 g/mol. The van der Waals surface area contributed by atoms with Crippen molar-refractivity contribution in [3.63, 3.8) is 0 Å². The molecule has 6 heteroatoms. The summed E-state index contributed by atoms with van der Waals surface area (Å²) in [7, 11) is 0. The van der Waals surface area contributed by atoms with Crippen LogP contribution in [-0.2, 0) is 4.79 Å². The first-order valence-corrected chi connectivity index (χ1v) is 5.24. The van der Waals surface area contributed by atoms with Gasteiger partial charge in [0.15, 0.2) is 0 Å². The number of carbonyl (C=O) groups is 1. The minimum atomic E-state index is -1.55. The number of halogens is 2. The predicted octanol–water partition coefficient (Wildman–Crippen LogP) is 1.46. The number of aliphatic hydroxyl groups is 2. The third-order valence-corrected chi connectivity index (χ3v) is 2.52. The highest BCUT2D eigenvalue weighted by atomic mass is 79.9. The van der Waals surface area contributed by atoms with Gasteiger partial charge in [-0.2, -0.15) is 0 Å². The molecule has 2 atom stereocenters. The van der Waals surface area contributed by atoms with Gasteiger partial charge in [0.1, 0.15) is 11.9 Å². The largest absolute Gasteiger partial charge is 0.481 e. The molecule has 0 aliphatic rings. The van der Waals surface area contributed by atoms with Crippen LogP contribution in [0.3, 0.4) is 0 Å². The van der Waals surface area contributed by atoms with Crippen LogP contribution in [0.1, 0.15) is 18.1 Å². The molecule has 1 rings (SSSR count). The number of carboxylic acids is 1. The number of aliphatic carboxylic acids is 1. The van der Waals surface area contributed by atoms with Crippen molar-refractivity contribution < 1.29 is 24.5 Å². The summed E-state index contributed by atoms with van der Waals surface area (Å²) < 4.78 is 13.8. The highest BCUT2D eigenvalue weighted by molar-refractivity contribution is 9.10. The lowest BCUT2D eigenvalue weighted by Gasteiger charge is -2.17. The van der Waals surface area contributed by atoms with Crippen molar-refractivity contribution in [1.82, 2.24) is 0 Å². The molecule has 0 saturated carbocycles.